The lowest BCUT2D eigenvalue weighted by Gasteiger charge is -2.34. The van der Waals surface area contributed by atoms with Crippen LogP contribution >= 0.6 is 47.9 Å². The summed E-state index contributed by atoms with van der Waals surface area (Å²) in [5.74, 6) is 1.46. The van der Waals surface area contributed by atoms with Crippen molar-refractivity contribution in [2.75, 3.05) is 13.1 Å². The highest BCUT2D eigenvalue weighted by atomic mass is 35.5. The zero-order valence-corrected chi connectivity index (χ0v) is 18.9. The van der Waals surface area contributed by atoms with Crippen LogP contribution in [0.2, 0.25) is 0 Å². The van der Waals surface area contributed by atoms with Crippen molar-refractivity contribution in [1.29, 1.82) is 0 Å². The van der Waals surface area contributed by atoms with Gasteiger partial charge in [0.2, 0.25) is 0 Å². The van der Waals surface area contributed by atoms with Gasteiger partial charge in [-0.05, 0) is 44.7 Å². The molecule has 1 aliphatic rings. The van der Waals surface area contributed by atoms with Gasteiger partial charge in [0.1, 0.15) is 0 Å². The largest absolute Gasteiger partial charge is 0.339 e. The summed E-state index contributed by atoms with van der Waals surface area (Å²) in [6.07, 6.45) is 1.99. The Morgan fingerprint density at radius 2 is 2.00 bits per heavy atom. The number of halogens is 2. The highest BCUT2D eigenvalue weighted by Gasteiger charge is 2.26. The van der Waals surface area contributed by atoms with E-state index >= 15 is 0 Å². The number of aryl methyl sites for hydroxylation is 1. The van der Waals surface area contributed by atoms with E-state index in [4.69, 9.17) is 5.73 Å². The SMILES string of the molecule is Cc1nc(CSc2ccccc2C(=O)N2CCC(C(C)N)CC2)cs1.Cl.Cl. The maximum atomic E-state index is 13.0. The van der Waals surface area contributed by atoms with Crippen molar-refractivity contribution in [1.82, 2.24) is 9.88 Å². The number of piperidine rings is 1. The molecular weight excluding hydrogens is 421 g/mol. The fraction of sp³-hybridized carbons (Fsp3) is 0.474. The van der Waals surface area contributed by atoms with Crippen molar-refractivity contribution in [3.8, 4) is 0 Å². The van der Waals surface area contributed by atoms with Gasteiger partial charge in [-0.25, -0.2) is 4.98 Å². The van der Waals surface area contributed by atoms with Gasteiger partial charge in [0.15, 0.2) is 0 Å². The molecule has 0 aliphatic carbocycles. The Morgan fingerprint density at radius 3 is 2.59 bits per heavy atom. The van der Waals surface area contributed by atoms with E-state index in [1.165, 1.54) is 0 Å². The smallest absolute Gasteiger partial charge is 0.254 e. The second-order valence-electron chi connectivity index (χ2n) is 6.63. The summed E-state index contributed by atoms with van der Waals surface area (Å²) in [6.45, 7) is 5.68. The highest BCUT2D eigenvalue weighted by Crippen LogP contribution is 2.29. The predicted octanol–water partition coefficient (Wildman–Crippen LogP) is 4.79. The topological polar surface area (TPSA) is 59.2 Å². The molecule has 1 atom stereocenters. The molecular formula is C19H27Cl2N3OS2. The Hall–Kier alpha value is -0.790. The second-order valence-corrected chi connectivity index (χ2v) is 8.71. The number of nitrogens with zero attached hydrogens (tertiary/aromatic N) is 2. The number of hydrogen-bond acceptors (Lipinski definition) is 5. The summed E-state index contributed by atoms with van der Waals surface area (Å²) in [5, 5.41) is 3.17. The van der Waals surface area contributed by atoms with Crippen LogP contribution in [0.5, 0.6) is 0 Å². The molecule has 1 amide bonds. The molecule has 2 heterocycles. The van der Waals surface area contributed by atoms with Crippen molar-refractivity contribution >= 4 is 53.8 Å². The van der Waals surface area contributed by atoms with Crippen LogP contribution in [0.1, 0.15) is 40.8 Å². The van der Waals surface area contributed by atoms with E-state index in [-0.39, 0.29) is 36.8 Å². The molecule has 150 valence electrons. The molecule has 2 N–H and O–H groups in total. The van der Waals surface area contributed by atoms with Crippen LogP contribution in [0.4, 0.5) is 0 Å². The summed E-state index contributed by atoms with van der Waals surface area (Å²) < 4.78 is 0. The maximum absolute atomic E-state index is 13.0. The van der Waals surface area contributed by atoms with E-state index in [2.05, 4.69) is 17.3 Å². The summed E-state index contributed by atoms with van der Waals surface area (Å²) in [4.78, 5) is 20.5. The number of amides is 1. The first-order chi connectivity index (χ1) is 12.0. The molecule has 1 fully saturated rings. The normalized spacial score (nSPS) is 15.6. The van der Waals surface area contributed by atoms with Gasteiger partial charge in [-0.2, -0.15) is 0 Å². The molecule has 1 saturated heterocycles. The molecule has 1 unspecified atom stereocenters. The number of rotatable bonds is 5. The Balaban J connectivity index is 0.00000182. The maximum Gasteiger partial charge on any atom is 0.254 e. The Bertz CT molecular complexity index is 731. The first-order valence-corrected chi connectivity index (χ1v) is 10.6. The Morgan fingerprint density at radius 1 is 1.33 bits per heavy atom. The number of thioether (sulfide) groups is 1. The number of nitrogens with two attached hydrogens (primary N) is 1. The quantitative estimate of drug-likeness (QED) is 0.669. The molecule has 1 aromatic carbocycles. The molecule has 4 nitrogen and oxygen atoms in total. The molecule has 1 aromatic heterocycles. The molecule has 2 aromatic rings. The van der Waals surface area contributed by atoms with Gasteiger partial charge >= 0.3 is 0 Å². The summed E-state index contributed by atoms with van der Waals surface area (Å²) in [5.41, 5.74) is 7.89. The van der Waals surface area contributed by atoms with E-state index in [1.807, 2.05) is 36.1 Å². The number of aromatic nitrogens is 1. The molecule has 3 rings (SSSR count). The standard InChI is InChI=1S/C19H25N3OS2.2ClH/c1-13(20)15-7-9-22(10-8-15)19(23)17-5-3-4-6-18(17)25-12-16-11-24-14(2)21-16;;/h3-6,11,13,15H,7-10,12,20H2,1-2H3;2*1H. The van der Waals surface area contributed by atoms with Gasteiger partial charge in [-0.15, -0.1) is 47.9 Å². The van der Waals surface area contributed by atoms with Crippen LogP contribution in [0.25, 0.3) is 0 Å². The van der Waals surface area contributed by atoms with Crippen molar-refractivity contribution < 1.29 is 4.79 Å². The minimum absolute atomic E-state index is 0. The predicted molar refractivity (Wildman–Crippen MR) is 120 cm³/mol. The fourth-order valence-electron chi connectivity index (χ4n) is 3.19. The van der Waals surface area contributed by atoms with Gasteiger partial charge in [0.25, 0.3) is 5.91 Å². The minimum atomic E-state index is 0. The molecule has 8 heteroatoms. The molecule has 0 bridgehead atoms. The van der Waals surface area contributed by atoms with Gasteiger partial charge in [-0.3, -0.25) is 4.79 Å². The zero-order valence-electron chi connectivity index (χ0n) is 15.6. The number of thiazole rings is 1. The van der Waals surface area contributed by atoms with E-state index in [0.29, 0.717) is 5.92 Å². The average molecular weight is 448 g/mol. The van der Waals surface area contributed by atoms with Crippen LogP contribution in [-0.4, -0.2) is 34.9 Å². The van der Waals surface area contributed by atoms with Crippen molar-refractivity contribution in [3.63, 3.8) is 0 Å². The van der Waals surface area contributed by atoms with Crippen LogP contribution < -0.4 is 5.73 Å². The van der Waals surface area contributed by atoms with E-state index in [9.17, 15) is 4.79 Å². The highest BCUT2D eigenvalue weighted by molar-refractivity contribution is 7.98. The summed E-state index contributed by atoms with van der Waals surface area (Å²) in [6, 6.07) is 8.12. The van der Waals surface area contributed by atoms with Gasteiger partial charge in [0, 0.05) is 35.2 Å². The third-order valence-electron chi connectivity index (χ3n) is 4.73. The van der Waals surface area contributed by atoms with Gasteiger partial charge in [-0.1, -0.05) is 12.1 Å². The van der Waals surface area contributed by atoms with Gasteiger partial charge in [0.05, 0.1) is 16.3 Å². The molecule has 0 radical (unpaired) electrons. The van der Waals surface area contributed by atoms with Crippen molar-refractivity contribution in [2.24, 2.45) is 11.7 Å². The number of likely N-dealkylation sites (tertiary alicyclic amines) is 1. The van der Waals surface area contributed by atoms with Crippen LogP contribution in [0.3, 0.4) is 0 Å². The Labute approximate surface area is 182 Å². The average Bonchev–Trinajstić information content (AvgIpc) is 3.05. The van der Waals surface area contributed by atoms with Crippen LogP contribution in [-0.2, 0) is 5.75 Å². The Kier molecular flexibility index (Phi) is 10.1. The van der Waals surface area contributed by atoms with Gasteiger partial charge < -0.3 is 10.6 Å². The van der Waals surface area contributed by atoms with E-state index < -0.39 is 0 Å². The van der Waals surface area contributed by atoms with Crippen LogP contribution in [0, 0.1) is 12.8 Å². The van der Waals surface area contributed by atoms with E-state index in [0.717, 1.165) is 52.8 Å². The second kappa shape index (κ2) is 11.3. The summed E-state index contributed by atoms with van der Waals surface area (Å²) in [7, 11) is 0. The van der Waals surface area contributed by atoms with Crippen molar-refractivity contribution in [2.45, 2.75) is 43.4 Å². The lowest BCUT2D eigenvalue weighted by molar-refractivity contribution is 0.0677. The first-order valence-electron chi connectivity index (χ1n) is 8.72. The number of carbonyl (C=O) groups is 1. The first kappa shape index (κ1) is 24.2. The molecule has 1 aliphatic heterocycles. The number of hydrogen-bond donors (Lipinski definition) is 1. The molecule has 0 saturated carbocycles. The third-order valence-corrected chi connectivity index (χ3v) is 6.66. The van der Waals surface area contributed by atoms with Crippen LogP contribution in [0.15, 0.2) is 34.5 Å². The lowest BCUT2D eigenvalue weighted by atomic mass is 9.90. The third kappa shape index (κ3) is 6.36. The number of carbonyl (C=O) groups excluding carboxylic acids is 1. The number of benzene rings is 1. The lowest BCUT2D eigenvalue weighted by Crippen LogP contribution is -2.42. The minimum Gasteiger partial charge on any atom is -0.339 e. The monoisotopic (exact) mass is 447 g/mol. The molecule has 0 spiro atoms. The van der Waals surface area contributed by atoms with Crippen molar-refractivity contribution in [3.05, 3.63) is 45.9 Å². The van der Waals surface area contributed by atoms with E-state index in [1.54, 1.807) is 23.1 Å². The zero-order chi connectivity index (χ0) is 17.8. The summed E-state index contributed by atoms with van der Waals surface area (Å²) >= 11 is 3.35. The molecule has 27 heavy (non-hydrogen) atoms. The fourth-order valence-corrected chi connectivity index (χ4v) is 4.85.